The van der Waals surface area contributed by atoms with Crippen LogP contribution < -0.4 is 0 Å². The predicted octanol–water partition coefficient (Wildman–Crippen LogP) is 1.84. The van der Waals surface area contributed by atoms with E-state index in [0.717, 1.165) is 0 Å². The molecule has 0 atom stereocenters. The molecule has 1 aromatic rings. The first kappa shape index (κ1) is 13.7. The highest BCUT2D eigenvalue weighted by atomic mass is 35.5. The molecule has 0 fully saturated rings. The van der Waals surface area contributed by atoms with Crippen molar-refractivity contribution in [1.29, 1.82) is 0 Å². The van der Waals surface area contributed by atoms with Gasteiger partial charge in [0.05, 0.1) is 0 Å². The summed E-state index contributed by atoms with van der Waals surface area (Å²) in [4.78, 5) is 22.8. The second kappa shape index (κ2) is 5.29. The number of hydrogen-bond acceptors (Lipinski definition) is 4. The quantitative estimate of drug-likeness (QED) is 0.659. The zero-order valence-electron chi connectivity index (χ0n) is 9.57. The Labute approximate surface area is 104 Å². The van der Waals surface area contributed by atoms with Crippen molar-refractivity contribution >= 4 is 23.4 Å². The zero-order chi connectivity index (χ0) is 13.1. The molecule has 4 nitrogen and oxygen atoms in total. The molecule has 0 aliphatic rings. The van der Waals surface area contributed by atoms with Gasteiger partial charge in [0, 0.05) is 10.6 Å². The highest BCUT2D eigenvalue weighted by molar-refractivity contribution is 6.30. The summed E-state index contributed by atoms with van der Waals surface area (Å²) in [6.07, 6.45) is 0. The SMILES string of the molecule is CC(C)(O)C(=O)OCC(=O)c1ccc(Cl)cc1. The van der Waals surface area contributed by atoms with Crippen molar-refractivity contribution < 1.29 is 19.4 Å². The number of Topliss-reactive ketones (excluding diaryl/α,β-unsaturated/α-hetero) is 1. The maximum atomic E-state index is 11.6. The van der Waals surface area contributed by atoms with Crippen LogP contribution >= 0.6 is 11.6 Å². The minimum atomic E-state index is -1.60. The standard InChI is InChI=1S/C12H13ClO4/c1-12(2,16)11(15)17-7-10(14)8-3-5-9(13)6-4-8/h3-6,16H,7H2,1-2H3. The Morgan fingerprint density at radius 2 is 1.82 bits per heavy atom. The van der Waals surface area contributed by atoms with E-state index in [4.69, 9.17) is 11.6 Å². The summed E-state index contributed by atoms with van der Waals surface area (Å²) in [5.41, 5.74) is -1.20. The predicted molar refractivity (Wildman–Crippen MR) is 63.0 cm³/mol. The first-order chi connectivity index (χ1) is 7.80. The molecule has 1 rings (SSSR count). The van der Waals surface area contributed by atoms with E-state index in [1.165, 1.54) is 13.8 Å². The second-order valence-electron chi connectivity index (χ2n) is 4.07. The van der Waals surface area contributed by atoms with Crippen LogP contribution in [0, 0.1) is 0 Å². The Morgan fingerprint density at radius 1 is 1.29 bits per heavy atom. The third kappa shape index (κ3) is 4.17. The van der Waals surface area contributed by atoms with Crippen molar-refractivity contribution in [2.75, 3.05) is 6.61 Å². The number of hydrogen-bond donors (Lipinski definition) is 1. The number of ketones is 1. The topological polar surface area (TPSA) is 63.6 Å². The first-order valence-electron chi connectivity index (χ1n) is 4.99. The van der Waals surface area contributed by atoms with Crippen LogP contribution in [0.1, 0.15) is 24.2 Å². The van der Waals surface area contributed by atoms with Crippen LogP contribution in [0.3, 0.4) is 0 Å². The average Bonchev–Trinajstić information content (AvgIpc) is 2.25. The second-order valence-corrected chi connectivity index (χ2v) is 4.50. The number of aliphatic hydroxyl groups is 1. The molecule has 92 valence electrons. The van der Waals surface area contributed by atoms with Gasteiger partial charge in [0.1, 0.15) is 0 Å². The van der Waals surface area contributed by atoms with Crippen LogP contribution in [-0.4, -0.2) is 29.1 Å². The van der Waals surface area contributed by atoms with Gasteiger partial charge in [-0.05, 0) is 38.1 Å². The number of rotatable bonds is 4. The summed E-state index contributed by atoms with van der Waals surface area (Å²) in [6, 6.07) is 6.24. The molecule has 1 aromatic carbocycles. The monoisotopic (exact) mass is 256 g/mol. The molecule has 0 aromatic heterocycles. The normalized spacial score (nSPS) is 11.1. The van der Waals surface area contributed by atoms with Crippen LogP contribution in [-0.2, 0) is 9.53 Å². The maximum Gasteiger partial charge on any atom is 0.337 e. The van der Waals surface area contributed by atoms with E-state index in [9.17, 15) is 14.7 Å². The van der Waals surface area contributed by atoms with Crippen molar-refractivity contribution in [1.82, 2.24) is 0 Å². The fraction of sp³-hybridized carbons (Fsp3) is 0.333. The number of ether oxygens (including phenoxy) is 1. The molecule has 0 saturated heterocycles. The van der Waals surface area contributed by atoms with Crippen LogP contribution in [0.4, 0.5) is 0 Å². The summed E-state index contributed by atoms with van der Waals surface area (Å²) in [5, 5.41) is 9.83. The van der Waals surface area contributed by atoms with Gasteiger partial charge in [-0.15, -0.1) is 0 Å². The molecule has 0 unspecified atom stereocenters. The van der Waals surface area contributed by atoms with Gasteiger partial charge >= 0.3 is 5.97 Å². The third-order valence-corrected chi connectivity index (χ3v) is 2.25. The van der Waals surface area contributed by atoms with Crippen LogP contribution in [0.2, 0.25) is 5.02 Å². The Balaban J connectivity index is 2.56. The Bertz CT molecular complexity index is 417. The Morgan fingerprint density at radius 3 is 2.29 bits per heavy atom. The lowest BCUT2D eigenvalue weighted by Gasteiger charge is -2.14. The van der Waals surface area contributed by atoms with E-state index in [1.807, 2.05) is 0 Å². The number of carbonyl (C=O) groups excluding carboxylic acids is 2. The van der Waals surface area contributed by atoms with Crippen LogP contribution in [0.25, 0.3) is 0 Å². The lowest BCUT2D eigenvalue weighted by Crippen LogP contribution is -2.34. The number of carbonyl (C=O) groups is 2. The molecule has 17 heavy (non-hydrogen) atoms. The minimum absolute atomic E-state index is 0.348. The van der Waals surface area contributed by atoms with Crippen LogP contribution in [0.5, 0.6) is 0 Å². The highest BCUT2D eigenvalue weighted by Crippen LogP contribution is 2.11. The first-order valence-corrected chi connectivity index (χ1v) is 5.37. The Hall–Kier alpha value is -1.39. The van der Waals surface area contributed by atoms with E-state index in [2.05, 4.69) is 4.74 Å². The van der Waals surface area contributed by atoms with E-state index >= 15 is 0 Å². The number of esters is 1. The molecule has 0 spiro atoms. The minimum Gasteiger partial charge on any atom is -0.455 e. The molecule has 0 heterocycles. The summed E-state index contributed by atoms with van der Waals surface area (Å²) in [6.45, 7) is 2.19. The van der Waals surface area contributed by atoms with Gasteiger partial charge in [-0.25, -0.2) is 4.79 Å². The highest BCUT2D eigenvalue weighted by Gasteiger charge is 2.26. The van der Waals surface area contributed by atoms with Crippen molar-refractivity contribution in [3.8, 4) is 0 Å². The number of benzene rings is 1. The van der Waals surface area contributed by atoms with Gasteiger partial charge in [0.2, 0.25) is 0 Å². The van der Waals surface area contributed by atoms with Gasteiger partial charge in [0.15, 0.2) is 18.0 Å². The van der Waals surface area contributed by atoms with E-state index < -0.39 is 18.2 Å². The van der Waals surface area contributed by atoms with Crippen molar-refractivity contribution in [2.45, 2.75) is 19.4 Å². The lowest BCUT2D eigenvalue weighted by molar-refractivity contribution is -0.160. The Kier molecular flexibility index (Phi) is 4.26. The summed E-state index contributed by atoms with van der Waals surface area (Å²) in [7, 11) is 0. The third-order valence-electron chi connectivity index (χ3n) is 2.00. The number of halogens is 1. The average molecular weight is 257 g/mol. The molecule has 0 aliphatic heterocycles. The molecular weight excluding hydrogens is 244 g/mol. The van der Waals surface area contributed by atoms with Crippen molar-refractivity contribution in [2.24, 2.45) is 0 Å². The summed E-state index contributed by atoms with van der Waals surface area (Å²) in [5.74, 6) is -1.18. The zero-order valence-corrected chi connectivity index (χ0v) is 10.3. The van der Waals surface area contributed by atoms with Crippen molar-refractivity contribution in [3.05, 3.63) is 34.9 Å². The molecule has 0 amide bonds. The van der Waals surface area contributed by atoms with Crippen LogP contribution in [0.15, 0.2) is 24.3 Å². The summed E-state index contributed by atoms with van der Waals surface area (Å²) < 4.78 is 4.68. The van der Waals surface area contributed by atoms with Gasteiger partial charge in [-0.3, -0.25) is 4.79 Å². The molecule has 0 bridgehead atoms. The van der Waals surface area contributed by atoms with Gasteiger partial charge in [-0.2, -0.15) is 0 Å². The molecule has 5 heteroatoms. The maximum absolute atomic E-state index is 11.6. The fourth-order valence-electron chi connectivity index (χ4n) is 1.03. The molecule has 1 N–H and O–H groups in total. The largest absolute Gasteiger partial charge is 0.455 e. The van der Waals surface area contributed by atoms with Crippen molar-refractivity contribution in [3.63, 3.8) is 0 Å². The summed E-state index contributed by atoms with van der Waals surface area (Å²) >= 11 is 5.67. The van der Waals surface area contributed by atoms with Gasteiger partial charge < -0.3 is 9.84 Å². The van der Waals surface area contributed by atoms with E-state index in [0.29, 0.717) is 10.6 Å². The fourth-order valence-corrected chi connectivity index (χ4v) is 1.15. The molecule has 0 saturated carbocycles. The smallest absolute Gasteiger partial charge is 0.337 e. The molecular formula is C12H13ClO4. The molecule has 0 aliphatic carbocycles. The van der Waals surface area contributed by atoms with E-state index in [-0.39, 0.29) is 5.78 Å². The van der Waals surface area contributed by atoms with Gasteiger partial charge in [0.25, 0.3) is 0 Å². The van der Waals surface area contributed by atoms with Gasteiger partial charge in [-0.1, -0.05) is 11.6 Å². The van der Waals surface area contributed by atoms with E-state index in [1.54, 1.807) is 24.3 Å². The molecule has 0 radical (unpaired) electrons. The lowest BCUT2D eigenvalue weighted by atomic mass is 10.1.